The number of rotatable bonds is 3. The van der Waals surface area contributed by atoms with Crippen LogP contribution in [0.4, 0.5) is 11.6 Å². The zero-order chi connectivity index (χ0) is 13.1. The Kier molecular flexibility index (Phi) is 2.94. The predicted molar refractivity (Wildman–Crippen MR) is 74.0 cm³/mol. The highest BCUT2D eigenvalue weighted by atomic mass is 15.2. The van der Waals surface area contributed by atoms with Gasteiger partial charge in [0.1, 0.15) is 0 Å². The highest BCUT2D eigenvalue weighted by molar-refractivity contribution is 5.60. The lowest BCUT2D eigenvalue weighted by molar-refractivity contribution is 0.768. The molecule has 19 heavy (non-hydrogen) atoms. The number of hydrogen-bond donors (Lipinski definition) is 1. The maximum absolute atomic E-state index is 4.48. The molecule has 2 aromatic heterocycles. The van der Waals surface area contributed by atoms with Crippen LogP contribution in [0.1, 0.15) is 0 Å². The van der Waals surface area contributed by atoms with Gasteiger partial charge in [0, 0.05) is 30.7 Å². The van der Waals surface area contributed by atoms with Gasteiger partial charge in [-0.1, -0.05) is 18.2 Å². The Morgan fingerprint density at radius 3 is 2.68 bits per heavy atom. The van der Waals surface area contributed by atoms with Crippen molar-refractivity contribution in [1.82, 2.24) is 19.7 Å². The Balaban J connectivity index is 1.88. The number of hydrogen-bond acceptors (Lipinski definition) is 4. The summed E-state index contributed by atoms with van der Waals surface area (Å²) in [6.07, 6.45) is 5.45. The Labute approximate surface area is 111 Å². The third kappa shape index (κ3) is 2.60. The zero-order valence-corrected chi connectivity index (χ0v) is 10.5. The average Bonchev–Trinajstić information content (AvgIpc) is 2.87. The van der Waals surface area contributed by atoms with Crippen LogP contribution in [0.3, 0.4) is 0 Å². The molecule has 1 N–H and O–H groups in total. The van der Waals surface area contributed by atoms with Crippen LogP contribution >= 0.6 is 0 Å². The van der Waals surface area contributed by atoms with Crippen molar-refractivity contribution in [2.24, 2.45) is 7.05 Å². The predicted octanol–water partition coefficient (Wildman–Crippen LogP) is 2.62. The minimum absolute atomic E-state index is 0.576. The second kappa shape index (κ2) is 4.89. The lowest BCUT2D eigenvalue weighted by atomic mass is 10.2. The number of aromatic nitrogens is 4. The topological polar surface area (TPSA) is 55.6 Å². The van der Waals surface area contributed by atoms with Gasteiger partial charge in [-0.05, 0) is 18.2 Å². The maximum atomic E-state index is 4.48. The van der Waals surface area contributed by atoms with Gasteiger partial charge in [-0.25, -0.2) is 9.97 Å². The van der Waals surface area contributed by atoms with E-state index in [4.69, 9.17) is 0 Å². The summed E-state index contributed by atoms with van der Waals surface area (Å²) in [4.78, 5) is 8.69. The molecule has 3 rings (SSSR count). The lowest BCUT2D eigenvalue weighted by Gasteiger charge is -2.05. The van der Waals surface area contributed by atoms with E-state index in [9.17, 15) is 0 Å². The number of aryl methyl sites for hydroxylation is 1. The van der Waals surface area contributed by atoms with E-state index in [1.165, 1.54) is 0 Å². The van der Waals surface area contributed by atoms with Gasteiger partial charge in [0.25, 0.3) is 0 Å². The van der Waals surface area contributed by atoms with E-state index in [1.807, 2.05) is 49.6 Å². The summed E-state index contributed by atoms with van der Waals surface area (Å²) < 4.78 is 1.75. The molecule has 0 atom stereocenters. The van der Waals surface area contributed by atoms with E-state index in [2.05, 4.69) is 20.4 Å². The molecule has 0 radical (unpaired) electrons. The van der Waals surface area contributed by atoms with Crippen molar-refractivity contribution in [3.05, 3.63) is 55.0 Å². The monoisotopic (exact) mass is 251 g/mol. The number of benzene rings is 1. The fraction of sp³-hybridized carbons (Fsp3) is 0.0714. The van der Waals surface area contributed by atoms with Crippen molar-refractivity contribution >= 4 is 11.6 Å². The molecule has 5 nitrogen and oxygen atoms in total. The number of nitrogens with one attached hydrogen (secondary N) is 1. The Morgan fingerprint density at radius 2 is 1.95 bits per heavy atom. The molecular formula is C14H13N5. The van der Waals surface area contributed by atoms with Gasteiger partial charge in [-0.3, -0.25) is 4.68 Å². The Morgan fingerprint density at radius 1 is 1.11 bits per heavy atom. The molecule has 0 aliphatic carbocycles. The lowest BCUT2D eigenvalue weighted by Crippen LogP contribution is -1.97. The molecule has 5 heteroatoms. The van der Waals surface area contributed by atoms with Gasteiger partial charge in [0.15, 0.2) is 0 Å². The molecule has 0 aliphatic rings. The largest absolute Gasteiger partial charge is 0.324 e. The first kappa shape index (κ1) is 11.4. The van der Waals surface area contributed by atoms with Crippen molar-refractivity contribution in [2.45, 2.75) is 0 Å². The van der Waals surface area contributed by atoms with E-state index in [0.717, 1.165) is 16.9 Å². The van der Waals surface area contributed by atoms with Crippen LogP contribution in [-0.4, -0.2) is 19.7 Å². The van der Waals surface area contributed by atoms with Gasteiger partial charge >= 0.3 is 0 Å². The van der Waals surface area contributed by atoms with Crippen LogP contribution in [0.15, 0.2) is 55.0 Å². The molecule has 0 spiro atoms. The standard InChI is InChI=1S/C14H13N5/c1-19-10-11(9-16-19)13-7-8-15-14(18-13)17-12-5-3-2-4-6-12/h2-10H,1H3,(H,15,17,18). The first-order valence-electron chi connectivity index (χ1n) is 5.95. The minimum atomic E-state index is 0.576. The van der Waals surface area contributed by atoms with E-state index >= 15 is 0 Å². The number of para-hydroxylation sites is 1. The summed E-state index contributed by atoms with van der Waals surface area (Å²) in [7, 11) is 1.88. The molecule has 0 fully saturated rings. The smallest absolute Gasteiger partial charge is 0.227 e. The highest BCUT2D eigenvalue weighted by Gasteiger charge is 2.04. The van der Waals surface area contributed by atoms with Gasteiger partial charge in [0.2, 0.25) is 5.95 Å². The second-order valence-electron chi connectivity index (χ2n) is 4.16. The number of nitrogens with zero attached hydrogens (tertiary/aromatic N) is 4. The van der Waals surface area contributed by atoms with E-state index in [0.29, 0.717) is 5.95 Å². The van der Waals surface area contributed by atoms with Gasteiger partial charge < -0.3 is 5.32 Å². The molecule has 0 unspecified atom stereocenters. The van der Waals surface area contributed by atoms with Crippen molar-refractivity contribution in [3.8, 4) is 11.3 Å². The van der Waals surface area contributed by atoms with E-state index < -0.39 is 0 Å². The van der Waals surface area contributed by atoms with Crippen molar-refractivity contribution in [2.75, 3.05) is 5.32 Å². The molecule has 3 aromatic rings. The molecule has 0 saturated carbocycles. The van der Waals surface area contributed by atoms with Gasteiger partial charge in [-0.15, -0.1) is 0 Å². The minimum Gasteiger partial charge on any atom is -0.324 e. The molecule has 0 bridgehead atoms. The van der Waals surface area contributed by atoms with Crippen LogP contribution in [0.2, 0.25) is 0 Å². The molecule has 94 valence electrons. The summed E-state index contributed by atoms with van der Waals surface area (Å²) in [6, 6.07) is 11.7. The third-order valence-electron chi connectivity index (χ3n) is 2.69. The van der Waals surface area contributed by atoms with E-state index in [-0.39, 0.29) is 0 Å². The van der Waals surface area contributed by atoms with Crippen LogP contribution in [0.5, 0.6) is 0 Å². The highest BCUT2D eigenvalue weighted by Crippen LogP contribution is 2.18. The Bertz CT molecular complexity index is 675. The van der Waals surface area contributed by atoms with Crippen molar-refractivity contribution in [1.29, 1.82) is 0 Å². The van der Waals surface area contributed by atoms with Crippen molar-refractivity contribution in [3.63, 3.8) is 0 Å². The van der Waals surface area contributed by atoms with Crippen molar-refractivity contribution < 1.29 is 0 Å². The summed E-state index contributed by atoms with van der Waals surface area (Å²) in [6.45, 7) is 0. The van der Waals surface area contributed by atoms with Crippen LogP contribution < -0.4 is 5.32 Å². The fourth-order valence-corrected chi connectivity index (χ4v) is 1.78. The average molecular weight is 251 g/mol. The molecule has 0 amide bonds. The SMILES string of the molecule is Cn1cc(-c2ccnc(Nc3ccccc3)n2)cn1. The quantitative estimate of drug-likeness (QED) is 0.777. The summed E-state index contributed by atoms with van der Waals surface area (Å²) in [5, 5.41) is 7.31. The van der Waals surface area contributed by atoms with Crippen LogP contribution in [0.25, 0.3) is 11.3 Å². The summed E-state index contributed by atoms with van der Waals surface area (Å²) in [5.74, 6) is 0.576. The normalized spacial score (nSPS) is 10.4. The van der Waals surface area contributed by atoms with E-state index in [1.54, 1.807) is 17.1 Å². The Hall–Kier alpha value is -2.69. The zero-order valence-electron chi connectivity index (χ0n) is 10.5. The summed E-state index contributed by atoms with van der Waals surface area (Å²) in [5.41, 5.74) is 2.79. The van der Waals surface area contributed by atoms with Crippen LogP contribution in [0, 0.1) is 0 Å². The third-order valence-corrected chi connectivity index (χ3v) is 2.69. The molecule has 0 saturated heterocycles. The molecule has 2 heterocycles. The maximum Gasteiger partial charge on any atom is 0.227 e. The first-order chi connectivity index (χ1) is 9.31. The molecule has 0 aliphatic heterocycles. The molecular weight excluding hydrogens is 238 g/mol. The van der Waals surface area contributed by atoms with Gasteiger partial charge in [0.05, 0.1) is 11.9 Å². The number of anilines is 2. The van der Waals surface area contributed by atoms with Gasteiger partial charge in [-0.2, -0.15) is 5.10 Å². The summed E-state index contributed by atoms with van der Waals surface area (Å²) >= 11 is 0. The second-order valence-corrected chi connectivity index (χ2v) is 4.16. The first-order valence-corrected chi connectivity index (χ1v) is 5.95. The fourth-order valence-electron chi connectivity index (χ4n) is 1.78. The van der Waals surface area contributed by atoms with Crippen LogP contribution in [-0.2, 0) is 7.05 Å². The molecule has 1 aromatic carbocycles.